The Morgan fingerprint density at radius 2 is 1.16 bits per heavy atom. The largest absolute Gasteiger partial charge is 0.0843 e. The SMILES string of the molecule is Cc1cc(Cl)ccc1-c1c(Cl)c(Cl)c(Cl)c(Cl)c1Cl. The molecule has 0 fully saturated rings. The summed E-state index contributed by atoms with van der Waals surface area (Å²) in [5, 5.41) is 1.68. The van der Waals surface area contributed by atoms with Gasteiger partial charge in [0.15, 0.2) is 0 Å². The molecule has 0 radical (unpaired) electrons. The number of aryl methyl sites for hydroxylation is 1. The monoisotopic (exact) mass is 372 g/mol. The van der Waals surface area contributed by atoms with Crippen LogP contribution >= 0.6 is 69.6 Å². The summed E-state index contributed by atoms with van der Waals surface area (Å²) in [6, 6.07) is 5.36. The third kappa shape index (κ3) is 2.81. The molecule has 0 heterocycles. The van der Waals surface area contributed by atoms with Gasteiger partial charge in [-0.05, 0) is 30.2 Å². The summed E-state index contributed by atoms with van der Waals surface area (Å²) in [7, 11) is 0. The van der Waals surface area contributed by atoms with Crippen LogP contribution in [0.25, 0.3) is 11.1 Å². The topological polar surface area (TPSA) is 0 Å². The smallest absolute Gasteiger partial charge is 0.0809 e. The lowest BCUT2D eigenvalue weighted by atomic mass is 10.0. The van der Waals surface area contributed by atoms with Gasteiger partial charge in [-0.25, -0.2) is 0 Å². The van der Waals surface area contributed by atoms with Crippen molar-refractivity contribution < 1.29 is 0 Å². The van der Waals surface area contributed by atoms with Gasteiger partial charge in [0.05, 0.1) is 25.1 Å². The van der Waals surface area contributed by atoms with Gasteiger partial charge < -0.3 is 0 Å². The van der Waals surface area contributed by atoms with Crippen molar-refractivity contribution in [2.24, 2.45) is 0 Å². The molecule has 19 heavy (non-hydrogen) atoms. The first-order valence-corrected chi connectivity index (χ1v) is 7.39. The van der Waals surface area contributed by atoms with E-state index >= 15 is 0 Å². The molecule has 0 aromatic heterocycles. The van der Waals surface area contributed by atoms with Gasteiger partial charge in [-0.3, -0.25) is 0 Å². The summed E-state index contributed by atoms with van der Waals surface area (Å²) in [5.41, 5.74) is 2.27. The highest BCUT2D eigenvalue weighted by Gasteiger charge is 2.21. The molecule has 0 nitrogen and oxygen atoms in total. The number of halogens is 6. The standard InChI is InChI=1S/C13H6Cl6/c1-5-4-6(14)2-3-7(5)8-9(15)11(17)13(19)12(18)10(8)16/h2-4H,1H3. The van der Waals surface area contributed by atoms with Gasteiger partial charge in [-0.15, -0.1) is 0 Å². The summed E-state index contributed by atoms with van der Waals surface area (Å²) in [4.78, 5) is 0. The van der Waals surface area contributed by atoms with Crippen LogP contribution in [-0.2, 0) is 0 Å². The molecule has 6 heteroatoms. The molecule has 0 aliphatic heterocycles. The van der Waals surface area contributed by atoms with E-state index in [-0.39, 0.29) is 25.1 Å². The van der Waals surface area contributed by atoms with Gasteiger partial charge in [0.1, 0.15) is 0 Å². The maximum absolute atomic E-state index is 6.23. The zero-order valence-electron chi connectivity index (χ0n) is 9.50. The van der Waals surface area contributed by atoms with E-state index < -0.39 is 0 Å². The molecule has 0 atom stereocenters. The molecule has 0 saturated heterocycles. The molecule has 0 unspecified atom stereocenters. The van der Waals surface area contributed by atoms with E-state index in [4.69, 9.17) is 69.6 Å². The highest BCUT2D eigenvalue weighted by molar-refractivity contribution is 6.56. The van der Waals surface area contributed by atoms with Crippen molar-refractivity contribution in [2.75, 3.05) is 0 Å². The highest BCUT2D eigenvalue weighted by Crippen LogP contribution is 2.48. The minimum absolute atomic E-state index is 0.147. The Hall–Kier alpha value is 0.180. The Labute approximate surface area is 141 Å². The average Bonchev–Trinajstić information content (AvgIpc) is 2.37. The highest BCUT2D eigenvalue weighted by atomic mass is 35.5. The summed E-state index contributed by atoms with van der Waals surface area (Å²) in [5.74, 6) is 0. The fourth-order valence-corrected chi connectivity index (χ4v) is 3.32. The third-order valence-corrected chi connectivity index (χ3v) is 5.18. The molecular formula is C13H6Cl6. The molecule has 0 N–H and O–H groups in total. The lowest BCUT2D eigenvalue weighted by molar-refractivity contribution is 1.46. The predicted octanol–water partition coefficient (Wildman–Crippen LogP) is 7.58. The molecular weight excluding hydrogens is 369 g/mol. The molecule has 0 bridgehead atoms. The van der Waals surface area contributed by atoms with Crippen molar-refractivity contribution in [2.45, 2.75) is 6.92 Å². The first-order chi connectivity index (χ1) is 8.84. The summed E-state index contributed by atoms with van der Waals surface area (Å²) < 4.78 is 0. The number of hydrogen-bond donors (Lipinski definition) is 0. The lowest BCUT2D eigenvalue weighted by Crippen LogP contribution is -1.89. The van der Waals surface area contributed by atoms with Crippen molar-refractivity contribution in [3.63, 3.8) is 0 Å². The van der Waals surface area contributed by atoms with Crippen LogP contribution in [0.3, 0.4) is 0 Å². The molecule has 100 valence electrons. The molecule has 0 aliphatic carbocycles. The Morgan fingerprint density at radius 3 is 1.63 bits per heavy atom. The Kier molecular flexibility index (Phi) is 4.83. The zero-order chi connectivity index (χ0) is 14.3. The normalized spacial score (nSPS) is 10.9. The molecule has 2 aromatic carbocycles. The van der Waals surface area contributed by atoms with E-state index in [1.54, 1.807) is 12.1 Å². The molecule has 2 rings (SSSR count). The van der Waals surface area contributed by atoms with Crippen LogP contribution in [0, 0.1) is 6.92 Å². The quantitative estimate of drug-likeness (QED) is 0.356. The minimum atomic E-state index is 0.147. The molecule has 0 spiro atoms. The minimum Gasteiger partial charge on any atom is -0.0843 e. The Balaban J connectivity index is 2.83. The first kappa shape index (κ1) is 15.6. The fraction of sp³-hybridized carbons (Fsp3) is 0.0769. The van der Waals surface area contributed by atoms with Crippen LogP contribution < -0.4 is 0 Å². The maximum atomic E-state index is 6.23. The second-order valence-electron chi connectivity index (χ2n) is 3.90. The molecule has 0 aliphatic rings. The van der Waals surface area contributed by atoms with Gasteiger partial charge >= 0.3 is 0 Å². The number of rotatable bonds is 1. The van der Waals surface area contributed by atoms with Crippen LogP contribution in [0.1, 0.15) is 5.56 Å². The average molecular weight is 375 g/mol. The predicted molar refractivity (Wildman–Crippen MR) is 86.7 cm³/mol. The summed E-state index contributed by atoms with van der Waals surface area (Å²) in [6.07, 6.45) is 0. The van der Waals surface area contributed by atoms with Crippen molar-refractivity contribution in [1.82, 2.24) is 0 Å². The van der Waals surface area contributed by atoms with E-state index in [0.717, 1.165) is 11.1 Å². The summed E-state index contributed by atoms with van der Waals surface area (Å²) >= 11 is 36.5. The van der Waals surface area contributed by atoms with Crippen LogP contribution in [-0.4, -0.2) is 0 Å². The zero-order valence-corrected chi connectivity index (χ0v) is 14.0. The second kappa shape index (κ2) is 5.89. The number of benzene rings is 2. The van der Waals surface area contributed by atoms with Crippen molar-refractivity contribution in [1.29, 1.82) is 0 Å². The fourth-order valence-electron chi connectivity index (χ4n) is 1.75. The van der Waals surface area contributed by atoms with Crippen LogP contribution in [0.4, 0.5) is 0 Å². The van der Waals surface area contributed by atoms with Gasteiger partial charge in [-0.2, -0.15) is 0 Å². The second-order valence-corrected chi connectivity index (χ2v) is 6.23. The molecule has 2 aromatic rings. The van der Waals surface area contributed by atoms with Crippen LogP contribution in [0.2, 0.25) is 30.1 Å². The van der Waals surface area contributed by atoms with E-state index in [0.29, 0.717) is 10.6 Å². The molecule has 0 amide bonds. The first-order valence-electron chi connectivity index (χ1n) is 5.12. The Bertz CT molecular complexity index is 634. The van der Waals surface area contributed by atoms with E-state index in [1.807, 2.05) is 13.0 Å². The van der Waals surface area contributed by atoms with Gasteiger partial charge in [0.25, 0.3) is 0 Å². The summed E-state index contributed by atoms with van der Waals surface area (Å²) in [6.45, 7) is 1.89. The van der Waals surface area contributed by atoms with E-state index in [2.05, 4.69) is 0 Å². The van der Waals surface area contributed by atoms with Gasteiger partial charge in [0, 0.05) is 10.6 Å². The van der Waals surface area contributed by atoms with Crippen molar-refractivity contribution in [3.05, 3.63) is 53.9 Å². The van der Waals surface area contributed by atoms with Gasteiger partial charge in [0.2, 0.25) is 0 Å². The third-order valence-electron chi connectivity index (χ3n) is 2.67. The molecule has 0 saturated carbocycles. The van der Waals surface area contributed by atoms with E-state index in [9.17, 15) is 0 Å². The number of hydrogen-bond acceptors (Lipinski definition) is 0. The Morgan fingerprint density at radius 1 is 0.684 bits per heavy atom. The maximum Gasteiger partial charge on any atom is 0.0809 e. The van der Waals surface area contributed by atoms with Crippen LogP contribution in [0.15, 0.2) is 18.2 Å². The van der Waals surface area contributed by atoms with Gasteiger partial charge in [-0.1, -0.05) is 75.7 Å². The lowest BCUT2D eigenvalue weighted by Gasteiger charge is -2.14. The van der Waals surface area contributed by atoms with E-state index in [1.165, 1.54) is 0 Å². The van der Waals surface area contributed by atoms with Crippen molar-refractivity contribution >= 4 is 69.6 Å². The van der Waals surface area contributed by atoms with Crippen LogP contribution in [0.5, 0.6) is 0 Å². The van der Waals surface area contributed by atoms with Crippen molar-refractivity contribution in [3.8, 4) is 11.1 Å².